The Morgan fingerprint density at radius 3 is 2.33 bits per heavy atom. The van der Waals surface area contributed by atoms with Crippen LogP contribution in [0.2, 0.25) is 5.15 Å². The van der Waals surface area contributed by atoms with Crippen molar-refractivity contribution in [3.8, 4) is 22.5 Å². The van der Waals surface area contributed by atoms with Gasteiger partial charge in [0.1, 0.15) is 16.6 Å². The number of aryl methyl sites for hydroxylation is 3. The molecular formula is C30H27ClN6O3. The van der Waals surface area contributed by atoms with Gasteiger partial charge in [-0.1, -0.05) is 35.9 Å². The summed E-state index contributed by atoms with van der Waals surface area (Å²) in [5.41, 5.74) is 6.55. The molecule has 0 radical (unpaired) electrons. The number of hydrogen-bond donors (Lipinski definition) is 2. The molecule has 5 rings (SSSR count). The molecular weight excluding hydrogens is 528 g/mol. The third kappa shape index (κ3) is 5.15. The van der Waals surface area contributed by atoms with Crippen LogP contribution in [-0.2, 0) is 0 Å². The van der Waals surface area contributed by atoms with Crippen LogP contribution in [-0.4, -0.2) is 35.4 Å². The van der Waals surface area contributed by atoms with E-state index in [-0.39, 0.29) is 16.4 Å². The van der Waals surface area contributed by atoms with E-state index in [2.05, 4.69) is 20.3 Å². The van der Waals surface area contributed by atoms with Gasteiger partial charge >= 0.3 is 5.97 Å². The first-order valence-electron chi connectivity index (χ1n) is 12.6. The molecule has 0 saturated carbocycles. The Balaban J connectivity index is 1.60. The van der Waals surface area contributed by atoms with Gasteiger partial charge in [-0.05, 0) is 64.4 Å². The number of carbonyl (C=O) groups is 1. The number of benzene rings is 1. The monoisotopic (exact) mass is 554 g/mol. The van der Waals surface area contributed by atoms with Crippen molar-refractivity contribution in [2.24, 2.45) is 0 Å². The summed E-state index contributed by atoms with van der Waals surface area (Å²) in [5.74, 6) is -0.496. The van der Waals surface area contributed by atoms with Crippen molar-refractivity contribution in [2.75, 3.05) is 5.32 Å². The Hall–Kier alpha value is -4.63. The highest BCUT2D eigenvalue weighted by atomic mass is 35.5. The molecule has 9 nitrogen and oxygen atoms in total. The van der Waals surface area contributed by atoms with E-state index >= 15 is 0 Å². The number of fused-ring (bicyclic) bond motifs is 1. The largest absolute Gasteiger partial charge is 0.476 e. The SMILES string of the molecule is Cc1cc([C@@H](C)Nc2ccc(Cl)nc2C(=O)O)c2nc(-c3ccc(-c4cc(C)nc(C)n4)cc3)c(C)c(=O)n2c1. The summed E-state index contributed by atoms with van der Waals surface area (Å²) in [7, 11) is 0. The summed E-state index contributed by atoms with van der Waals surface area (Å²) in [6, 6.07) is 14.3. The van der Waals surface area contributed by atoms with Crippen molar-refractivity contribution < 1.29 is 9.90 Å². The second-order valence-corrected chi connectivity index (χ2v) is 10.2. The van der Waals surface area contributed by atoms with Crippen molar-refractivity contribution >= 4 is 28.9 Å². The summed E-state index contributed by atoms with van der Waals surface area (Å²) in [6.07, 6.45) is 1.76. The molecule has 2 N–H and O–H groups in total. The summed E-state index contributed by atoms with van der Waals surface area (Å²) >= 11 is 5.92. The van der Waals surface area contributed by atoms with E-state index in [0.29, 0.717) is 28.4 Å². The molecule has 40 heavy (non-hydrogen) atoms. The summed E-state index contributed by atoms with van der Waals surface area (Å²) in [4.78, 5) is 43.1. The number of aromatic carboxylic acids is 1. The number of carboxylic acids is 1. The van der Waals surface area contributed by atoms with Crippen LogP contribution >= 0.6 is 11.6 Å². The minimum absolute atomic E-state index is 0.0842. The topological polar surface area (TPSA) is 122 Å². The van der Waals surface area contributed by atoms with Gasteiger partial charge in [0.25, 0.3) is 5.56 Å². The lowest BCUT2D eigenvalue weighted by molar-refractivity contribution is 0.0691. The van der Waals surface area contributed by atoms with E-state index in [4.69, 9.17) is 16.6 Å². The minimum Gasteiger partial charge on any atom is -0.476 e. The highest BCUT2D eigenvalue weighted by Crippen LogP contribution is 2.29. The molecule has 5 aromatic rings. The molecule has 0 aliphatic rings. The van der Waals surface area contributed by atoms with Crippen LogP contribution in [0, 0.1) is 27.7 Å². The van der Waals surface area contributed by atoms with Gasteiger partial charge in [0, 0.05) is 34.1 Å². The standard InChI is InChI=1S/C30H27ClN6O3/c1-15-12-22(18(4)33-23-10-11-25(31)35-27(23)30(39)40)28-36-26(17(3)29(38)37(28)14-15)21-8-6-20(7-9-21)24-13-16(2)32-19(5)34-24/h6-14,18,33H,1-5H3,(H,39,40)/t18-/m1/s1. The molecule has 0 bridgehead atoms. The first kappa shape index (κ1) is 27.0. The molecule has 0 spiro atoms. The zero-order valence-corrected chi connectivity index (χ0v) is 23.4. The maximum Gasteiger partial charge on any atom is 0.356 e. The number of carboxylic acid groups (broad SMARTS) is 1. The van der Waals surface area contributed by atoms with Crippen LogP contribution in [0.3, 0.4) is 0 Å². The third-order valence-corrected chi connectivity index (χ3v) is 6.85. The maximum absolute atomic E-state index is 13.5. The Kier molecular flexibility index (Phi) is 7.08. The van der Waals surface area contributed by atoms with Gasteiger partial charge in [-0.15, -0.1) is 0 Å². The van der Waals surface area contributed by atoms with Crippen LogP contribution in [0.15, 0.2) is 59.5 Å². The Labute approximate surface area is 235 Å². The minimum atomic E-state index is -1.20. The molecule has 4 heterocycles. The van der Waals surface area contributed by atoms with Crippen molar-refractivity contribution in [1.29, 1.82) is 0 Å². The van der Waals surface area contributed by atoms with Crippen molar-refractivity contribution in [2.45, 2.75) is 40.7 Å². The number of anilines is 1. The molecule has 0 aliphatic heterocycles. The summed E-state index contributed by atoms with van der Waals surface area (Å²) in [6.45, 7) is 9.34. The van der Waals surface area contributed by atoms with Gasteiger partial charge in [-0.2, -0.15) is 0 Å². The van der Waals surface area contributed by atoms with E-state index in [1.807, 2.05) is 64.1 Å². The van der Waals surface area contributed by atoms with Crippen molar-refractivity contribution in [1.82, 2.24) is 24.3 Å². The first-order valence-corrected chi connectivity index (χ1v) is 13.0. The normalized spacial score (nSPS) is 11.9. The van der Waals surface area contributed by atoms with Crippen LogP contribution < -0.4 is 10.9 Å². The molecule has 0 saturated heterocycles. The molecule has 1 aromatic carbocycles. The van der Waals surface area contributed by atoms with E-state index in [0.717, 1.165) is 33.6 Å². The van der Waals surface area contributed by atoms with Gasteiger partial charge in [0.2, 0.25) is 0 Å². The third-order valence-electron chi connectivity index (χ3n) is 6.64. The zero-order chi connectivity index (χ0) is 28.7. The predicted molar refractivity (Wildman–Crippen MR) is 155 cm³/mol. The number of hydrogen-bond acceptors (Lipinski definition) is 7. The van der Waals surface area contributed by atoms with Crippen molar-refractivity contribution in [3.63, 3.8) is 0 Å². The summed E-state index contributed by atoms with van der Waals surface area (Å²) in [5, 5.41) is 12.9. The molecule has 202 valence electrons. The molecule has 0 fully saturated rings. The van der Waals surface area contributed by atoms with Gasteiger partial charge < -0.3 is 10.4 Å². The molecule has 1 atom stereocenters. The van der Waals surface area contributed by atoms with Crippen LogP contribution in [0.1, 0.15) is 51.7 Å². The van der Waals surface area contributed by atoms with Crippen LogP contribution in [0.4, 0.5) is 5.69 Å². The molecule has 10 heteroatoms. The Morgan fingerprint density at radius 1 is 0.950 bits per heavy atom. The predicted octanol–water partition coefficient (Wildman–Crippen LogP) is 5.97. The fourth-order valence-corrected chi connectivity index (χ4v) is 4.93. The lowest BCUT2D eigenvalue weighted by Crippen LogP contribution is -2.22. The fourth-order valence-electron chi connectivity index (χ4n) is 4.79. The van der Waals surface area contributed by atoms with Gasteiger partial charge in [0.05, 0.1) is 23.1 Å². The fraction of sp³-hybridized carbons (Fsp3) is 0.200. The van der Waals surface area contributed by atoms with Crippen LogP contribution in [0.25, 0.3) is 28.2 Å². The quantitative estimate of drug-likeness (QED) is 0.246. The second-order valence-electron chi connectivity index (χ2n) is 9.78. The zero-order valence-electron chi connectivity index (χ0n) is 22.7. The Bertz CT molecular complexity index is 1830. The lowest BCUT2D eigenvalue weighted by Gasteiger charge is -2.20. The number of aromatic nitrogens is 5. The molecule has 0 amide bonds. The van der Waals surface area contributed by atoms with E-state index in [1.54, 1.807) is 23.6 Å². The molecule has 0 aliphatic carbocycles. The number of pyridine rings is 2. The smallest absolute Gasteiger partial charge is 0.356 e. The van der Waals surface area contributed by atoms with E-state index in [9.17, 15) is 14.7 Å². The summed E-state index contributed by atoms with van der Waals surface area (Å²) < 4.78 is 1.54. The average molecular weight is 555 g/mol. The highest BCUT2D eigenvalue weighted by Gasteiger charge is 2.20. The first-order chi connectivity index (χ1) is 19.0. The van der Waals surface area contributed by atoms with E-state index in [1.165, 1.54) is 6.07 Å². The maximum atomic E-state index is 13.5. The Morgan fingerprint density at radius 2 is 1.65 bits per heavy atom. The van der Waals surface area contributed by atoms with Gasteiger partial charge in [0.15, 0.2) is 5.69 Å². The average Bonchev–Trinajstić information content (AvgIpc) is 2.91. The number of nitrogens with zero attached hydrogens (tertiary/aromatic N) is 5. The highest BCUT2D eigenvalue weighted by molar-refractivity contribution is 6.29. The lowest BCUT2D eigenvalue weighted by atomic mass is 10.0. The second kappa shape index (κ2) is 10.5. The van der Waals surface area contributed by atoms with Gasteiger partial charge in [-0.25, -0.2) is 24.7 Å². The van der Waals surface area contributed by atoms with Gasteiger partial charge in [-0.3, -0.25) is 9.20 Å². The van der Waals surface area contributed by atoms with Crippen LogP contribution in [0.5, 0.6) is 0 Å². The number of rotatable bonds is 6. The molecule has 4 aromatic heterocycles. The van der Waals surface area contributed by atoms with E-state index < -0.39 is 12.0 Å². The number of halogens is 1. The molecule has 0 unspecified atom stereocenters. The van der Waals surface area contributed by atoms with Crippen molar-refractivity contribution in [3.05, 3.63) is 104 Å². The number of nitrogens with one attached hydrogen (secondary N) is 1.